The van der Waals surface area contributed by atoms with Gasteiger partial charge in [-0.2, -0.15) is 0 Å². The molecular formula is C16H23BrO. The van der Waals surface area contributed by atoms with E-state index in [9.17, 15) is 0 Å². The van der Waals surface area contributed by atoms with E-state index in [-0.39, 0.29) is 5.60 Å². The van der Waals surface area contributed by atoms with Crippen LogP contribution in [-0.4, -0.2) is 12.2 Å². The minimum atomic E-state index is -0.0368. The topological polar surface area (TPSA) is 9.23 Å². The largest absolute Gasteiger partial charge is 0.374 e. The van der Waals surface area contributed by atoms with Crippen molar-refractivity contribution >= 4 is 15.9 Å². The molecule has 1 saturated heterocycles. The highest BCUT2D eigenvalue weighted by Crippen LogP contribution is 2.42. The molecule has 0 aromatic heterocycles. The third-order valence-corrected chi connectivity index (χ3v) is 5.37. The molecule has 1 heterocycles. The van der Waals surface area contributed by atoms with Gasteiger partial charge >= 0.3 is 0 Å². The minimum absolute atomic E-state index is 0.0368. The lowest BCUT2D eigenvalue weighted by atomic mass is 9.92. The van der Waals surface area contributed by atoms with Crippen LogP contribution in [0, 0.1) is 0 Å². The summed E-state index contributed by atoms with van der Waals surface area (Å²) in [5, 5.41) is 0. The van der Waals surface area contributed by atoms with Crippen molar-refractivity contribution in [3.05, 3.63) is 35.4 Å². The Morgan fingerprint density at radius 1 is 1.33 bits per heavy atom. The first-order chi connectivity index (χ1) is 8.65. The number of halogens is 1. The summed E-state index contributed by atoms with van der Waals surface area (Å²) in [5.74, 6) is 0. The molecule has 0 spiro atoms. The molecule has 1 aliphatic heterocycles. The average molecular weight is 311 g/mol. The number of benzene rings is 1. The number of unbranched alkanes of at least 4 members (excludes halogenated alkanes) is 1. The summed E-state index contributed by atoms with van der Waals surface area (Å²) in [6.07, 6.45) is 6.04. The van der Waals surface area contributed by atoms with Gasteiger partial charge in [0.15, 0.2) is 0 Å². The smallest absolute Gasteiger partial charge is 0.0820 e. The molecule has 2 heteroatoms. The average Bonchev–Trinajstić information content (AvgIpc) is 2.84. The van der Waals surface area contributed by atoms with E-state index < -0.39 is 0 Å². The zero-order chi connectivity index (χ0) is 13.0. The molecule has 18 heavy (non-hydrogen) atoms. The number of aryl methyl sites for hydroxylation is 1. The Balaban J connectivity index is 2.04. The molecule has 1 aromatic carbocycles. The highest BCUT2D eigenvalue weighted by Gasteiger charge is 2.37. The molecule has 1 nitrogen and oxygen atoms in total. The van der Waals surface area contributed by atoms with Crippen LogP contribution < -0.4 is 0 Å². The van der Waals surface area contributed by atoms with Gasteiger partial charge in [0.25, 0.3) is 0 Å². The van der Waals surface area contributed by atoms with Gasteiger partial charge in [-0.3, -0.25) is 0 Å². The Morgan fingerprint density at radius 2 is 2.06 bits per heavy atom. The van der Waals surface area contributed by atoms with Crippen molar-refractivity contribution in [1.29, 1.82) is 0 Å². The Kier molecular flexibility index (Phi) is 4.85. The van der Waals surface area contributed by atoms with E-state index >= 15 is 0 Å². The molecule has 1 fully saturated rings. The predicted molar refractivity (Wildman–Crippen MR) is 80.3 cm³/mol. The number of hydrogen-bond donors (Lipinski definition) is 0. The fourth-order valence-electron chi connectivity index (χ4n) is 2.59. The molecule has 0 N–H and O–H groups in total. The summed E-state index contributed by atoms with van der Waals surface area (Å²) in [4.78, 5) is 0.299. The third kappa shape index (κ3) is 3.16. The highest BCUT2D eigenvalue weighted by atomic mass is 79.9. The van der Waals surface area contributed by atoms with Crippen molar-refractivity contribution in [2.24, 2.45) is 0 Å². The van der Waals surface area contributed by atoms with E-state index in [0.717, 1.165) is 13.0 Å². The lowest BCUT2D eigenvalue weighted by molar-refractivity contribution is 0.0197. The van der Waals surface area contributed by atoms with E-state index in [1.165, 1.54) is 36.8 Å². The number of rotatable bonds is 5. The van der Waals surface area contributed by atoms with Crippen LogP contribution in [-0.2, 0) is 11.2 Å². The second kappa shape index (κ2) is 6.21. The molecule has 0 saturated carbocycles. The molecule has 2 atom stereocenters. The SMILES string of the molecule is CCCCc1ccc(C(Br)C2(C)CCCO2)cc1. The third-order valence-electron chi connectivity index (χ3n) is 3.88. The van der Waals surface area contributed by atoms with Crippen molar-refractivity contribution in [1.82, 2.24) is 0 Å². The van der Waals surface area contributed by atoms with Gasteiger partial charge in [-0.15, -0.1) is 0 Å². The lowest BCUT2D eigenvalue weighted by Gasteiger charge is -2.29. The molecular weight excluding hydrogens is 288 g/mol. The predicted octanol–water partition coefficient (Wildman–Crippen LogP) is 5.03. The van der Waals surface area contributed by atoms with E-state index in [2.05, 4.69) is 54.0 Å². The maximum atomic E-state index is 5.90. The quantitative estimate of drug-likeness (QED) is 0.693. The van der Waals surface area contributed by atoms with E-state index in [0.29, 0.717) is 4.83 Å². The Bertz CT molecular complexity index is 365. The fraction of sp³-hybridized carbons (Fsp3) is 0.625. The van der Waals surface area contributed by atoms with E-state index in [4.69, 9.17) is 4.74 Å². The molecule has 0 radical (unpaired) electrons. The van der Waals surface area contributed by atoms with Crippen molar-refractivity contribution in [3.8, 4) is 0 Å². The van der Waals surface area contributed by atoms with Gasteiger partial charge in [-0.1, -0.05) is 53.5 Å². The first-order valence-electron chi connectivity index (χ1n) is 7.02. The van der Waals surface area contributed by atoms with Crippen LogP contribution in [0.25, 0.3) is 0 Å². The van der Waals surface area contributed by atoms with Gasteiger partial charge in [0, 0.05) is 6.61 Å². The monoisotopic (exact) mass is 310 g/mol. The molecule has 0 bridgehead atoms. The summed E-state index contributed by atoms with van der Waals surface area (Å²) < 4.78 is 5.90. The lowest BCUT2D eigenvalue weighted by Crippen LogP contribution is -2.28. The molecule has 2 rings (SSSR count). The fourth-order valence-corrected chi connectivity index (χ4v) is 3.25. The van der Waals surface area contributed by atoms with Crippen LogP contribution in [0.4, 0.5) is 0 Å². The first-order valence-corrected chi connectivity index (χ1v) is 7.94. The molecule has 2 unspecified atom stereocenters. The Hall–Kier alpha value is -0.340. The first kappa shape index (κ1) is 14.1. The summed E-state index contributed by atoms with van der Waals surface area (Å²) in [6.45, 7) is 5.35. The van der Waals surface area contributed by atoms with Gasteiger partial charge in [0.1, 0.15) is 0 Å². The standard InChI is InChI=1S/C16H23BrO/c1-3-4-6-13-7-9-14(10-8-13)15(17)16(2)11-5-12-18-16/h7-10,15H,3-6,11-12H2,1-2H3. The second-order valence-corrected chi connectivity index (χ2v) is 6.39. The number of hydrogen-bond acceptors (Lipinski definition) is 1. The summed E-state index contributed by atoms with van der Waals surface area (Å²) in [5.41, 5.74) is 2.74. The number of alkyl halides is 1. The molecule has 1 aromatic rings. The van der Waals surface area contributed by atoms with Gasteiger partial charge in [0.2, 0.25) is 0 Å². The van der Waals surface area contributed by atoms with Crippen molar-refractivity contribution in [2.75, 3.05) is 6.61 Å². The molecule has 0 aliphatic carbocycles. The van der Waals surface area contributed by atoms with Gasteiger partial charge in [0.05, 0.1) is 10.4 Å². The maximum Gasteiger partial charge on any atom is 0.0820 e. The maximum absolute atomic E-state index is 5.90. The zero-order valence-corrected chi connectivity index (χ0v) is 13.0. The Morgan fingerprint density at radius 3 is 2.61 bits per heavy atom. The van der Waals surface area contributed by atoms with Gasteiger partial charge in [-0.25, -0.2) is 0 Å². The van der Waals surface area contributed by atoms with E-state index in [1.54, 1.807) is 0 Å². The van der Waals surface area contributed by atoms with Crippen molar-refractivity contribution < 1.29 is 4.74 Å². The van der Waals surface area contributed by atoms with E-state index in [1.807, 2.05) is 0 Å². The molecule has 100 valence electrons. The summed E-state index contributed by atoms with van der Waals surface area (Å²) in [6, 6.07) is 9.02. The zero-order valence-electron chi connectivity index (χ0n) is 11.4. The number of ether oxygens (including phenoxy) is 1. The summed E-state index contributed by atoms with van der Waals surface area (Å²) in [7, 11) is 0. The highest BCUT2D eigenvalue weighted by molar-refractivity contribution is 9.09. The molecule has 0 amide bonds. The van der Waals surface area contributed by atoms with Crippen LogP contribution in [0.1, 0.15) is 55.5 Å². The van der Waals surface area contributed by atoms with Gasteiger partial charge < -0.3 is 4.74 Å². The van der Waals surface area contributed by atoms with Crippen LogP contribution in [0.15, 0.2) is 24.3 Å². The minimum Gasteiger partial charge on any atom is -0.374 e. The van der Waals surface area contributed by atoms with Crippen molar-refractivity contribution in [3.63, 3.8) is 0 Å². The normalized spacial score (nSPS) is 25.3. The molecule has 1 aliphatic rings. The van der Waals surface area contributed by atoms with Crippen LogP contribution in [0.3, 0.4) is 0 Å². The van der Waals surface area contributed by atoms with Crippen LogP contribution in [0.2, 0.25) is 0 Å². The Labute approximate surface area is 119 Å². The second-order valence-electron chi connectivity index (χ2n) is 5.47. The van der Waals surface area contributed by atoms with Crippen LogP contribution in [0.5, 0.6) is 0 Å². The summed E-state index contributed by atoms with van der Waals surface area (Å²) >= 11 is 3.82. The van der Waals surface area contributed by atoms with Gasteiger partial charge in [-0.05, 0) is 43.7 Å². The van der Waals surface area contributed by atoms with Crippen molar-refractivity contribution in [2.45, 2.75) is 56.4 Å². The van der Waals surface area contributed by atoms with Crippen LogP contribution >= 0.6 is 15.9 Å².